The molecule has 2 amide bonds. The van der Waals surface area contributed by atoms with Crippen molar-refractivity contribution in [3.05, 3.63) is 59.7 Å². The minimum absolute atomic E-state index is 0.245. The van der Waals surface area contributed by atoms with Gasteiger partial charge in [0.15, 0.2) is 5.41 Å². The summed E-state index contributed by atoms with van der Waals surface area (Å²) in [6.45, 7) is 0. The van der Waals surface area contributed by atoms with Crippen molar-refractivity contribution in [2.45, 2.75) is 11.8 Å². The average molecular weight is 264 g/mol. The molecular weight excluding hydrogens is 252 g/mol. The van der Waals surface area contributed by atoms with Crippen LogP contribution in [-0.2, 0) is 21.4 Å². The Morgan fingerprint density at radius 3 is 2.20 bits per heavy atom. The Kier molecular flexibility index (Phi) is 2.07. The molecule has 98 valence electrons. The van der Waals surface area contributed by atoms with E-state index in [1.54, 1.807) is 0 Å². The van der Waals surface area contributed by atoms with Gasteiger partial charge in [-0.2, -0.15) is 0 Å². The van der Waals surface area contributed by atoms with Crippen molar-refractivity contribution in [3.8, 4) is 0 Å². The molecule has 2 aromatic rings. The SMILES string of the molecule is O=C1Nc2ccccc2CC12C(=O)Nc1ccccc12. The van der Waals surface area contributed by atoms with E-state index in [1.807, 2.05) is 48.5 Å². The standard InChI is InChI=1S/C16H12N2O2/c19-14-16(9-10-5-1-3-7-12(10)17-14)11-6-2-4-8-13(11)18-15(16)20/h1-8H,9H2,(H,17,19)(H,18,20). The molecular formula is C16H12N2O2. The van der Waals surface area contributed by atoms with Crippen molar-refractivity contribution in [3.63, 3.8) is 0 Å². The zero-order valence-electron chi connectivity index (χ0n) is 10.6. The molecule has 0 fully saturated rings. The molecule has 0 radical (unpaired) electrons. The van der Waals surface area contributed by atoms with Crippen molar-refractivity contribution in [1.82, 2.24) is 0 Å². The molecule has 1 spiro atoms. The van der Waals surface area contributed by atoms with Gasteiger partial charge >= 0.3 is 0 Å². The summed E-state index contributed by atoms with van der Waals surface area (Å²) in [4.78, 5) is 25.0. The lowest BCUT2D eigenvalue weighted by Crippen LogP contribution is -2.50. The van der Waals surface area contributed by atoms with Crippen LogP contribution in [0.15, 0.2) is 48.5 Å². The summed E-state index contributed by atoms with van der Waals surface area (Å²) in [6.07, 6.45) is 0.401. The van der Waals surface area contributed by atoms with Gasteiger partial charge in [0.25, 0.3) is 0 Å². The third-order valence-electron chi connectivity index (χ3n) is 4.13. The van der Waals surface area contributed by atoms with E-state index in [-0.39, 0.29) is 11.8 Å². The summed E-state index contributed by atoms with van der Waals surface area (Å²) >= 11 is 0. The molecule has 0 bridgehead atoms. The first-order chi connectivity index (χ1) is 9.72. The first-order valence-corrected chi connectivity index (χ1v) is 6.52. The molecule has 2 aromatic carbocycles. The number of para-hydroxylation sites is 2. The molecule has 1 atom stereocenters. The lowest BCUT2D eigenvalue weighted by atomic mass is 9.73. The van der Waals surface area contributed by atoms with Gasteiger partial charge < -0.3 is 10.6 Å². The van der Waals surface area contributed by atoms with E-state index in [0.717, 1.165) is 22.5 Å². The fourth-order valence-corrected chi connectivity index (χ4v) is 3.11. The zero-order valence-corrected chi connectivity index (χ0v) is 10.6. The number of rotatable bonds is 0. The van der Waals surface area contributed by atoms with Crippen LogP contribution in [0.5, 0.6) is 0 Å². The van der Waals surface area contributed by atoms with Crippen molar-refractivity contribution in [2.75, 3.05) is 10.6 Å². The summed E-state index contributed by atoms with van der Waals surface area (Å²) in [6, 6.07) is 15.0. The Labute approximate surface area is 115 Å². The molecule has 4 heteroatoms. The maximum absolute atomic E-state index is 12.6. The fraction of sp³-hybridized carbons (Fsp3) is 0.125. The lowest BCUT2D eigenvalue weighted by Gasteiger charge is -2.32. The molecule has 1 unspecified atom stereocenters. The summed E-state index contributed by atoms with van der Waals surface area (Å²) in [5.74, 6) is -0.496. The predicted molar refractivity (Wildman–Crippen MR) is 75.5 cm³/mol. The molecule has 2 heterocycles. The van der Waals surface area contributed by atoms with Crippen molar-refractivity contribution in [2.24, 2.45) is 0 Å². The van der Waals surface area contributed by atoms with Gasteiger partial charge in [-0.05, 0) is 17.7 Å². The minimum Gasteiger partial charge on any atom is -0.325 e. The van der Waals surface area contributed by atoms with Crippen molar-refractivity contribution >= 4 is 23.2 Å². The molecule has 2 N–H and O–H groups in total. The highest BCUT2D eigenvalue weighted by Crippen LogP contribution is 2.44. The predicted octanol–water partition coefficient (Wildman–Crippen LogP) is 2.07. The van der Waals surface area contributed by atoms with Crippen LogP contribution >= 0.6 is 0 Å². The number of benzene rings is 2. The summed E-state index contributed by atoms with van der Waals surface area (Å²) in [5, 5.41) is 5.68. The molecule has 0 aliphatic carbocycles. The number of hydrogen-bond acceptors (Lipinski definition) is 2. The van der Waals surface area contributed by atoms with E-state index in [1.165, 1.54) is 0 Å². The first-order valence-electron chi connectivity index (χ1n) is 6.52. The van der Waals surface area contributed by atoms with Crippen LogP contribution in [0, 0.1) is 0 Å². The highest BCUT2D eigenvalue weighted by atomic mass is 16.2. The van der Waals surface area contributed by atoms with Gasteiger partial charge in [-0.15, -0.1) is 0 Å². The molecule has 2 aliphatic heterocycles. The van der Waals surface area contributed by atoms with Gasteiger partial charge in [-0.25, -0.2) is 0 Å². The van der Waals surface area contributed by atoms with E-state index < -0.39 is 5.41 Å². The molecule has 0 saturated carbocycles. The number of fused-ring (bicyclic) bond motifs is 3. The number of amides is 2. The number of hydrogen-bond donors (Lipinski definition) is 2. The molecule has 0 aromatic heterocycles. The van der Waals surface area contributed by atoms with E-state index in [9.17, 15) is 9.59 Å². The van der Waals surface area contributed by atoms with Gasteiger partial charge in [0.05, 0.1) is 0 Å². The van der Waals surface area contributed by atoms with E-state index >= 15 is 0 Å². The van der Waals surface area contributed by atoms with Gasteiger partial charge in [0, 0.05) is 23.4 Å². The van der Waals surface area contributed by atoms with Gasteiger partial charge in [0.2, 0.25) is 11.8 Å². The second kappa shape index (κ2) is 3.70. The Morgan fingerprint density at radius 2 is 1.40 bits per heavy atom. The quantitative estimate of drug-likeness (QED) is 0.716. The maximum atomic E-state index is 12.6. The molecule has 4 rings (SSSR count). The van der Waals surface area contributed by atoms with Gasteiger partial charge in [0.1, 0.15) is 0 Å². The van der Waals surface area contributed by atoms with Crippen LogP contribution in [0.1, 0.15) is 11.1 Å². The molecule has 0 saturated heterocycles. The second-order valence-corrected chi connectivity index (χ2v) is 5.19. The van der Waals surface area contributed by atoms with Crippen LogP contribution in [0.4, 0.5) is 11.4 Å². The van der Waals surface area contributed by atoms with Gasteiger partial charge in [-0.3, -0.25) is 9.59 Å². The second-order valence-electron chi connectivity index (χ2n) is 5.19. The normalized spacial score (nSPS) is 23.0. The molecule has 2 aliphatic rings. The fourth-order valence-electron chi connectivity index (χ4n) is 3.11. The lowest BCUT2D eigenvalue weighted by molar-refractivity contribution is -0.131. The van der Waals surface area contributed by atoms with Crippen LogP contribution in [0.2, 0.25) is 0 Å². The average Bonchev–Trinajstić information content (AvgIpc) is 2.74. The monoisotopic (exact) mass is 264 g/mol. The molecule has 20 heavy (non-hydrogen) atoms. The van der Waals surface area contributed by atoms with E-state index in [2.05, 4.69) is 10.6 Å². The van der Waals surface area contributed by atoms with Crippen LogP contribution in [0.3, 0.4) is 0 Å². The molecule has 4 nitrogen and oxygen atoms in total. The highest BCUT2D eigenvalue weighted by Gasteiger charge is 2.54. The summed E-state index contributed by atoms with van der Waals surface area (Å²) < 4.78 is 0. The smallest absolute Gasteiger partial charge is 0.245 e. The Morgan fingerprint density at radius 1 is 0.800 bits per heavy atom. The summed E-state index contributed by atoms with van der Waals surface area (Å²) in [5.41, 5.74) is 2.13. The first kappa shape index (κ1) is 11.2. The Balaban J connectivity index is 1.94. The van der Waals surface area contributed by atoms with E-state index in [4.69, 9.17) is 0 Å². The highest BCUT2D eigenvalue weighted by molar-refractivity contribution is 6.24. The van der Waals surface area contributed by atoms with Crippen LogP contribution < -0.4 is 10.6 Å². The van der Waals surface area contributed by atoms with Crippen LogP contribution in [-0.4, -0.2) is 11.8 Å². The van der Waals surface area contributed by atoms with Crippen LogP contribution in [0.25, 0.3) is 0 Å². The Bertz CT molecular complexity index is 754. The minimum atomic E-state index is -1.13. The largest absolute Gasteiger partial charge is 0.325 e. The third kappa shape index (κ3) is 1.25. The number of carbonyl (C=O) groups is 2. The van der Waals surface area contributed by atoms with Crippen molar-refractivity contribution in [1.29, 1.82) is 0 Å². The maximum Gasteiger partial charge on any atom is 0.245 e. The van der Waals surface area contributed by atoms with E-state index in [0.29, 0.717) is 6.42 Å². The third-order valence-corrected chi connectivity index (χ3v) is 4.13. The topological polar surface area (TPSA) is 58.2 Å². The number of nitrogens with one attached hydrogen (secondary N) is 2. The summed E-state index contributed by atoms with van der Waals surface area (Å²) in [7, 11) is 0. The number of anilines is 2. The van der Waals surface area contributed by atoms with Crippen molar-refractivity contribution < 1.29 is 9.59 Å². The Hall–Kier alpha value is -2.62. The number of carbonyl (C=O) groups excluding carboxylic acids is 2. The zero-order chi connectivity index (χ0) is 13.7. The van der Waals surface area contributed by atoms with Gasteiger partial charge in [-0.1, -0.05) is 36.4 Å².